The van der Waals surface area contributed by atoms with Gasteiger partial charge in [-0.1, -0.05) is 42.5 Å². The van der Waals surface area contributed by atoms with Gasteiger partial charge in [-0.05, 0) is 47.7 Å². The van der Waals surface area contributed by atoms with E-state index in [9.17, 15) is 4.79 Å². The Kier molecular flexibility index (Phi) is 7.87. The van der Waals surface area contributed by atoms with Gasteiger partial charge in [0.25, 0.3) is 5.56 Å². The molecule has 1 aromatic heterocycles. The van der Waals surface area contributed by atoms with Gasteiger partial charge in [0.15, 0.2) is 5.96 Å². The number of aromatic nitrogens is 1. The lowest BCUT2D eigenvalue weighted by molar-refractivity contribution is 0.411. The van der Waals surface area contributed by atoms with Crippen molar-refractivity contribution in [1.29, 1.82) is 0 Å². The molecule has 0 radical (unpaired) electrons. The van der Waals surface area contributed by atoms with E-state index in [4.69, 9.17) is 4.74 Å². The maximum Gasteiger partial charge on any atom is 0.250 e. The van der Waals surface area contributed by atoms with Crippen LogP contribution in [-0.4, -0.2) is 31.2 Å². The van der Waals surface area contributed by atoms with Crippen molar-refractivity contribution >= 4 is 5.96 Å². The molecule has 0 aliphatic rings. The van der Waals surface area contributed by atoms with Gasteiger partial charge in [-0.3, -0.25) is 9.79 Å². The third-order valence-corrected chi connectivity index (χ3v) is 5.14. The summed E-state index contributed by atoms with van der Waals surface area (Å²) >= 11 is 0. The molecule has 6 nitrogen and oxygen atoms in total. The van der Waals surface area contributed by atoms with Crippen molar-refractivity contribution in [2.24, 2.45) is 4.99 Å². The molecule has 162 valence electrons. The van der Waals surface area contributed by atoms with Gasteiger partial charge in [0.05, 0.1) is 13.7 Å². The second-order valence-electron chi connectivity index (χ2n) is 7.39. The number of pyridine rings is 1. The summed E-state index contributed by atoms with van der Waals surface area (Å²) in [5.41, 5.74) is 4.60. The molecule has 0 atom stereocenters. The molecule has 0 amide bonds. The summed E-state index contributed by atoms with van der Waals surface area (Å²) in [7, 11) is 3.47. The van der Waals surface area contributed by atoms with Crippen LogP contribution in [0.3, 0.4) is 0 Å². The smallest absolute Gasteiger partial charge is 0.250 e. The third kappa shape index (κ3) is 6.47. The Bertz CT molecular complexity index is 1070. The van der Waals surface area contributed by atoms with E-state index in [1.54, 1.807) is 37.1 Å². The van der Waals surface area contributed by atoms with Crippen molar-refractivity contribution in [3.8, 4) is 5.75 Å². The van der Waals surface area contributed by atoms with Crippen LogP contribution in [0.15, 0.2) is 76.6 Å². The van der Waals surface area contributed by atoms with Crippen LogP contribution < -0.4 is 20.9 Å². The number of methoxy groups -OCH3 is 1. The summed E-state index contributed by atoms with van der Waals surface area (Å²) in [6.07, 6.45) is 2.69. The molecule has 0 unspecified atom stereocenters. The van der Waals surface area contributed by atoms with Gasteiger partial charge in [0, 0.05) is 32.4 Å². The molecular formula is C25H30N4O2. The van der Waals surface area contributed by atoms with Crippen molar-refractivity contribution in [2.75, 3.05) is 20.7 Å². The van der Waals surface area contributed by atoms with Gasteiger partial charge in [-0.25, -0.2) is 0 Å². The molecule has 0 spiro atoms. The van der Waals surface area contributed by atoms with Crippen molar-refractivity contribution in [1.82, 2.24) is 15.2 Å². The minimum Gasteiger partial charge on any atom is -0.496 e. The van der Waals surface area contributed by atoms with E-state index in [-0.39, 0.29) is 5.56 Å². The topological polar surface area (TPSA) is 67.7 Å². The third-order valence-electron chi connectivity index (χ3n) is 5.14. The van der Waals surface area contributed by atoms with Gasteiger partial charge in [-0.2, -0.15) is 0 Å². The van der Waals surface area contributed by atoms with E-state index in [2.05, 4.69) is 58.1 Å². The van der Waals surface area contributed by atoms with Crippen molar-refractivity contribution in [3.05, 3.63) is 99.5 Å². The van der Waals surface area contributed by atoms with Gasteiger partial charge in [0.1, 0.15) is 5.75 Å². The fourth-order valence-corrected chi connectivity index (χ4v) is 3.30. The molecule has 0 aliphatic carbocycles. The molecule has 2 N–H and O–H groups in total. The van der Waals surface area contributed by atoms with E-state index in [1.165, 1.54) is 5.56 Å². The zero-order valence-corrected chi connectivity index (χ0v) is 18.4. The number of nitrogens with zero attached hydrogens (tertiary/aromatic N) is 2. The quantitative estimate of drug-likeness (QED) is 0.436. The van der Waals surface area contributed by atoms with Crippen LogP contribution >= 0.6 is 0 Å². The fraction of sp³-hybridized carbons (Fsp3) is 0.280. The van der Waals surface area contributed by atoms with Crippen LogP contribution in [0.2, 0.25) is 0 Å². The lowest BCUT2D eigenvalue weighted by Crippen LogP contribution is -2.37. The first kappa shape index (κ1) is 22.2. The molecule has 6 heteroatoms. The van der Waals surface area contributed by atoms with Gasteiger partial charge < -0.3 is 19.9 Å². The van der Waals surface area contributed by atoms with Crippen LogP contribution in [0.5, 0.6) is 5.75 Å². The maximum absolute atomic E-state index is 11.9. The lowest BCUT2D eigenvalue weighted by atomic mass is 10.1. The molecule has 3 rings (SSSR count). The monoisotopic (exact) mass is 418 g/mol. The average molecular weight is 419 g/mol. The standard InChI is InChI=1S/C25H30N4O2/c1-19-7-8-20(16-23(19)31-3)13-14-27-25(26-2)28-17-21-9-11-22(12-10-21)18-29-15-5-4-6-24(29)30/h4-12,15-16H,13-14,17-18H2,1-3H3,(H2,26,27,28). The molecule has 0 aliphatic heterocycles. The van der Waals surface area contributed by atoms with Crippen LogP contribution in [-0.2, 0) is 19.5 Å². The average Bonchev–Trinajstić information content (AvgIpc) is 2.79. The summed E-state index contributed by atoms with van der Waals surface area (Å²) < 4.78 is 7.09. The van der Waals surface area contributed by atoms with Crippen molar-refractivity contribution in [2.45, 2.75) is 26.4 Å². The fourth-order valence-electron chi connectivity index (χ4n) is 3.30. The summed E-state index contributed by atoms with van der Waals surface area (Å²) in [4.78, 5) is 16.1. The molecule has 31 heavy (non-hydrogen) atoms. The van der Waals surface area contributed by atoms with Crippen molar-refractivity contribution in [3.63, 3.8) is 0 Å². The molecule has 0 saturated heterocycles. The first-order valence-corrected chi connectivity index (χ1v) is 10.4. The van der Waals surface area contributed by atoms with E-state index in [0.717, 1.165) is 41.4 Å². The highest BCUT2D eigenvalue weighted by molar-refractivity contribution is 5.79. The Balaban J connectivity index is 1.47. The lowest BCUT2D eigenvalue weighted by Gasteiger charge is -2.13. The van der Waals surface area contributed by atoms with Crippen molar-refractivity contribution < 1.29 is 4.74 Å². The van der Waals surface area contributed by atoms with E-state index < -0.39 is 0 Å². The van der Waals surface area contributed by atoms with E-state index >= 15 is 0 Å². The van der Waals surface area contributed by atoms with Gasteiger partial charge in [-0.15, -0.1) is 0 Å². The number of hydrogen-bond acceptors (Lipinski definition) is 3. The van der Waals surface area contributed by atoms with E-state index in [1.807, 2.05) is 13.0 Å². The maximum atomic E-state index is 11.9. The highest BCUT2D eigenvalue weighted by Gasteiger charge is 2.03. The molecule has 0 bridgehead atoms. The molecule has 1 heterocycles. The normalized spacial score (nSPS) is 11.3. The predicted octanol–water partition coefficient (Wildman–Crippen LogP) is 3.12. The number of aliphatic imine (C=N–C) groups is 1. The highest BCUT2D eigenvalue weighted by Crippen LogP contribution is 2.19. The first-order chi connectivity index (χ1) is 15.1. The minimum absolute atomic E-state index is 0.00666. The van der Waals surface area contributed by atoms with Crippen LogP contribution in [0.25, 0.3) is 0 Å². The predicted molar refractivity (Wildman–Crippen MR) is 126 cm³/mol. The van der Waals surface area contributed by atoms with E-state index in [0.29, 0.717) is 13.1 Å². The number of ether oxygens (including phenoxy) is 1. The Morgan fingerprint density at radius 1 is 1.00 bits per heavy atom. The number of benzene rings is 2. The Morgan fingerprint density at radius 3 is 2.45 bits per heavy atom. The zero-order valence-electron chi connectivity index (χ0n) is 18.4. The second-order valence-corrected chi connectivity index (χ2v) is 7.39. The first-order valence-electron chi connectivity index (χ1n) is 10.4. The molecule has 2 aromatic carbocycles. The van der Waals surface area contributed by atoms with Gasteiger partial charge >= 0.3 is 0 Å². The molecular weight excluding hydrogens is 388 g/mol. The largest absolute Gasteiger partial charge is 0.496 e. The Labute approximate surface area is 183 Å². The van der Waals surface area contributed by atoms with Crippen LogP contribution in [0.4, 0.5) is 0 Å². The molecule has 0 fully saturated rings. The number of nitrogens with one attached hydrogen (secondary N) is 2. The number of guanidine groups is 1. The number of rotatable bonds is 8. The minimum atomic E-state index is 0.00666. The SMILES string of the molecule is CN=C(NCCc1ccc(C)c(OC)c1)NCc1ccc(Cn2ccccc2=O)cc1. The highest BCUT2D eigenvalue weighted by atomic mass is 16.5. The van der Waals surface area contributed by atoms with Crippen LogP contribution in [0.1, 0.15) is 22.3 Å². The summed E-state index contributed by atoms with van der Waals surface area (Å²) in [5, 5.41) is 6.69. The summed E-state index contributed by atoms with van der Waals surface area (Å²) in [5.74, 6) is 1.68. The number of aryl methyl sites for hydroxylation is 1. The molecule has 3 aromatic rings. The Hall–Kier alpha value is -3.54. The van der Waals surface area contributed by atoms with Crippen LogP contribution in [0, 0.1) is 6.92 Å². The van der Waals surface area contributed by atoms with Gasteiger partial charge in [0.2, 0.25) is 0 Å². The molecule has 0 saturated carbocycles. The zero-order chi connectivity index (χ0) is 22.1. The second kappa shape index (κ2) is 11.0. The Morgan fingerprint density at radius 2 is 1.74 bits per heavy atom. The summed E-state index contributed by atoms with van der Waals surface area (Å²) in [6, 6.07) is 19.7. The summed E-state index contributed by atoms with van der Waals surface area (Å²) in [6.45, 7) is 4.06. The number of hydrogen-bond donors (Lipinski definition) is 2.